The first-order valence-corrected chi connectivity index (χ1v) is 8.22. The third-order valence-electron chi connectivity index (χ3n) is 4.22. The predicted octanol–water partition coefficient (Wildman–Crippen LogP) is 3.29. The van der Waals surface area contributed by atoms with Gasteiger partial charge in [-0.1, -0.05) is 36.4 Å². The van der Waals surface area contributed by atoms with E-state index in [-0.39, 0.29) is 0 Å². The van der Waals surface area contributed by atoms with Crippen molar-refractivity contribution >= 4 is 5.69 Å². The van der Waals surface area contributed by atoms with Crippen molar-refractivity contribution in [1.82, 2.24) is 19.3 Å². The van der Waals surface area contributed by atoms with Gasteiger partial charge in [0, 0.05) is 30.7 Å². The van der Waals surface area contributed by atoms with Crippen molar-refractivity contribution in [1.29, 1.82) is 0 Å². The molecule has 25 heavy (non-hydrogen) atoms. The average molecular weight is 329 g/mol. The quantitative estimate of drug-likeness (QED) is 0.572. The summed E-state index contributed by atoms with van der Waals surface area (Å²) in [6.07, 6.45) is 8.49. The number of nitrogens with two attached hydrogens (primary N) is 1. The Morgan fingerprint density at radius 1 is 0.960 bits per heavy atom. The number of rotatable bonds is 5. The third kappa shape index (κ3) is 3.30. The molecule has 2 N–H and O–H groups in total. The fourth-order valence-corrected chi connectivity index (χ4v) is 2.87. The summed E-state index contributed by atoms with van der Waals surface area (Å²) >= 11 is 0. The van der Waals surface area contributed by atoms with E-state index in [1.807, 2.05) is 84.1 Å². The highest BCUT2D eigenvalue weighted by Crippen LogP contribution is 2.16. The minimum Gasteiger partial charge on any atom is -0.398 e. The van der Waals surface area contributed by atoms with E-state index in [0.717, 1.165) is 41.3 Å². The highest BCUT2D eigenvalue weighted by molar-refractivity contribution is 5.46. The van der Waals surface area contributed by atoms with Gasteiger partial charge in [0.25, 0.3) is 0 Å². The minimum atomic E-state index is 0.717. The van der Waals surface area contributed by atoms with Gasteiger partial charge in [-0.2, -0.15) is 5.10 Å². The average Bonchev–Trinajstić information content (AvgIpc) is 3.28. The van der Waals surface area contributed by atoms with Crippen molar-refractivity contribution in [3.63, 3.8) is 0 Å². The van der Waals surface area contributed by atoms with Crippen LogP contribution in [-0.2, 0) is 13.0 Å². The molecule has 0 fully saturated rings. The zero-order valence-electron chi connectivity index (χ0n) is 13.8. The van der Waals surface area contributed by atoms with E-state index < -0.39 is 0 Å². The molecule has 2 aromatic heterocycles. The van der Waals surface area contributed by atoms with Crippen molar-refractivity contribution in [3.05, 3.63) is 96.3 Å². The predicted molar refractivity (Wildman–Crippen MR) is 98.6 cm³/mol. The smallest absolute Gasteiger partial charge is 0.113 e. The molecular formula is C20H19N5. The lowest BCUT2D eigenvalue weighted by Crippen LogP contribution is -2.06. The normalized spacial score (nSPS) is 10.9. The Morgan fingerprint density at radius 2 is 1.76 bits per heavy atom. The van der Waals surface area contributed by atoms with Gasteiger partial charge in [-0.05, 0) is 29.3 Å². The number of nitrogen functional groups attached to an aromatic ring is 1. The van der Waals surface area contributed by atoms with Gasteiger partial charge < -0.3 is 10.3 Å². The molecule has 0 aliphatic rings. The second kappa shape index (κ2) is 6.65. The van der Waals surface area contributed by atoms with Crippen molar-refractivity contribution in [2.24, 2.45) is 0 Å². The largest absolute Gasteiger partial charge is 0.398 e. The Kier molecular flexibility index (Phi) is 4.04. The van der Waals surface area contributed by atoms with Gasteiger partial charge in [0.1, 0.15) is 5.82 Å². The van der Waals surface area contributed by atoms with Crippen LogP contribution in [0.2, 0.25) is 0 Å². The molecule has 0 aliphatic carbocycles. The number of nitrogens with zero attached hydrogens (tertiary/aromatic N) is 4. The summed E-state index contributed by atoms with van der Waals surface area (Å²) in [5.74, 6) is 0.996. The van der Waals surface area contributed by atoms with Gasteiger partial charge >= 0.3 is 0 Å². The van der Waals surface area contributed by atoms with Crippen LogP contribution in [0.3, 0.4) is 0 Å². The van der Waals surface area contributed by atoms with E-state index in [1.54, 1.807) is 0 Å². The maximum absolute atomic E-state index is 6.06. The van der Waals surface area contributed by atoms with Crippen molar-refractivity contribution in [3.8, 4) is 5.69 Å². The van der Waals surface area contributed by atoms with Gasteiger partial charge in [-0.3, -0.25) is 0 Å². The van der Waals surface area contributed by atoms with Crippen LogP contribution in [-0.4, -0.2) is 19.3 Å². The monoisotopic (exact) mass is 329 g/mol. The van der Waals surface area contributed by atoms with Crippen LogP contribution in [0, 0.1) is 0 Å². The lowest BCUT2D eigenvalue weighted by atomic mass is 10.1. The number of aromatic nitrogens is 4. The Bertz CT molecular complexity index is 968. The Morgan fingerprint density at radius 3 is 2.60 bits per heavy atom. The molecule has 4 aromatic rings. The van der Waals surface area contributed by atoms with E-state index in [4.69, 9.17) is 5.73 Å². The molecule has 0 spiro atoms. The topological polar surface area (TPSA) is 61.7 Å². The first-order valence-electron chi connectivity index (χ1n) is 8.22. The number of para-hydroxylation sites is 2. The summed E-state index contributed by atoms with van der Waals surface area (Å²) in [5.41, 5.74) is 10.1. The molecule has 2 aromatic carbocycles. The van der Waals surface area contributed by atoms with E-state index >= 15 is 0 Å². The minimum absolute atomic E-state index is 0.717. The maximum atomic E-state index is 6.06. The van der Waals surface area contributed by atoms with Crippen LogP contribution in [0.4, 0.5) is 5.69 Å². The molecule has 5 nitrogen and oxygen atoms in total. The molecule has 0 amide bonds. The molecule has 0 atom stereocenters. The van der Waals surface area contributed by atoms with Crippen LogP contribution in [0.1, 0.15) is 17.0 Å². The first kappa shape index (κ1) is 15.2. The molecule has 5 heteroatoms. The third-order valence-corrected chi connectivity index (χ3v) is 4.22. The van der Waals surface area contributed by atoms with Crippen molar-refractivity contribution < 1.29 is 0 Å². The van der Waals surface area contributed by atoms with Gasteiger partial charge in [-0.15, -0.1) is 0 Å². The highest BCUT2D eigenvalue weighted by atomic mass is 15.3. The van der Waals surface area contributed by atoms with Crippen LogP contribution in [0.25, 0.3) is 5.69 Å². The van der Waals surface area contributed by atoms with Crippen molar-refractivity contribution in [2.75, 3.05) is 5.73 Å². The molecule has 0 unspecified atom stereocenters. The molecule has 124 valence electrons. The second-order valence-electron chi connectivity index (χ2n) is 5.98. The van der Waals surface area contributed by atoms with Crippen LogP contribution in [0.5, 0.6) is 0 Å². The number of hydrogen-bond donors (Lipinski definition) is 1. The number of anilines is 1. The molecule has 2 heterocycles. The molecular weight excluding hydrogens is 310 g/mol. The SMILES string of the molecule is Nc1ccccc1Cn1ccnc1Cc1cnn(-c2ccccc2)c1. The van der Waals surface area contributed by atoms with E-state index in [9.17, 15) is 0 Å². The standard InChI is InChI=1S/C20H19N5/c21-19-9-5-4-6-17(19)15-24-11-10-22-20(24)12-16-13-23-25(14-16)18-7-2-1-3-8-18/h1-11,13-14H,12,15,21H2. The van der Waals surface area contributed by atoms with E-state index in [0.29, 0.717) is 0 Å². The van der Waals surface area contributed by atoms with Gasteiger partial charge in [-0.25, -0.2) is 9.67 Å². The van der Waals surface area contributed by atoms with Crippen LogP contribution >= 0.6 is 0 Å². The van der Waals surface area contributed by atoms with Crippen molar-refractivity contribution in [2.45, 2.75) is 13.0 Å². The first-order chi connectivity index (χ1) is 12.3. The van der Waals surface area contributed by atoms with E-state index in [2.05, 4.69) is 14.6 Å². The molecule has 0 saturated carbocycles. The summed E-state index contributed by atoms with van der Waals surface area (Å²) in [7, 11) is 0. The molecule has 0 bridgehead atoms. The molecule has 4 rings (SSSR count). The highest BCUT2D eigenvalue weighted by Gasteiger charge is 2.08. The Labute approximate surface area is 146 Å². The number of benzene rings is 2. The van der Waals surface area contributed by atoms with Gasteiger partial charge in [0.05, 0.1) is 18.4 Å². The van der Waals surface area contributed by atoms with Crippen LogP contribution < -0.4 is 5.73 Å². The van der Waals surface area contributed by atoms with Crippen LogP contribution in [0.15, 0.2) is 79.4 Å². The zero-order valence-corrected chi connectivity index (χ0v) is 13.8. The lowest BCUT2D eigenvalue weighted by Gasteiger charge is -2.09. The summed E-state index contributed by atoms with van der Waals surface area (Å²) in [5, 5.41) is 4.45. The second-order valence-corrected chi connectivity index (χ2v) is 5.98. The van der Waals surface area contributed by atoms with E-state index in [1.165, 1.54) is 0 Å². The zero-order chi connectivity index (χ0) is 17.1. The molecule has 0 radical (unpaired) electrons. The summed E-state index contributed by atoms with van der Waals surface area (Å²) in [4.78, 5) is 4.50. The van der Waals surface area contributed by atoms with Gasteiger partial charge in [0.15, 0.2) is 0 Å². The number of hydrogen-bond acceptors (Lipinski definition) is 3. The summed E-state index contributed by atoms with van der Waals surface area (Å²) in [6.45, 7) is 0.717. The molecule has 0 saturated heterocycles. The Balaban J connectivity index is 1.54. The number of imidazole rings is 1. The van der Waals surface area contributed by atoms with Gasteiger partial charge in [0.2, 0.25) is 0 Å². The Hall–Kier alpha value is -3.34. The molecule has 0 aliphatic heterocycles. The maximum Gasteiger partial charge on any atom is 0.113 e. The fourth-order valence-electron chi connectivity index (χ4n) is 2.87. The fraction of sp³-hybridized carbons (Fsp3) is 0.100. The lowest BCUT2D eigenvalue weighted by molar-refractivity contribution is 0.742. The summed E-state index contributed by atoms with van der Waals surface area (Å²) in [6, 6.07) is 18.0. The summed E-state index contributed by atoms with van der Waals surface area (Å²) < 4.78 is 4.02.